The van der Waals surface area contributed by atoms with Gasteiger partial charge >= 0.3 is 5.69 Å². The molecule has 1 aliphatic heterocycles. The van der Waals surface area contributed by atoms with E-state index in [1.165, 1.54) is 0 Å². The molecule has 0 aliphatic carbocycles. The predicted octanol–water partition coefficient (Wildman–Crippen LogP) is 1.91. The second-order valence-electron chi connectivity index (χ2n) is 4.91. The van der Waals surface area contributed by atoms with Crippen molar-refractivity contribution in [3.8, 4) is 0 Å². The van der Waals surface area contributed by atoms with Crippen LogP contribution in [0.15, 0.2) is 29.1 Å². The molecule has 1 aromatic carbocycles. The highest BCUT2D eigenvalue weighted by molar-refractivity contribution is 5.75. The molecule has 0 bridgehead atoms. The topological polar surface area (TPSA) is 36.2 Å². The standard InChI is InChI=1S/C14H18N2O2/c1-15-12-6-2-3-7-13(12)16(14(15)17)9-8-11-5-4-10-18-11/h2-3,6-7,11H,4-5,8-10H2,1H3. The highest BCUT2D eigenvalue weighted by atomic mass is 16.5. The van der Waals surface area contributed by atoms with Crippen molar-refractivity contribution >= 4 is 11.0 Å². The third-order valence-electron chi connectivity index (χ3n) is 3.75. The Morgan fingerprint density at radius 3 is 2.83 bits per heavy atom. The fourth-order valence-corrected chi connectivity index (χ4v) is 2.72. The summed E-state index contributed by atoms with van der Waals surface area (Å²) < 4.78 is 9.18. The van der Waals surface area contributed by atoms with Crippen molar-refractivity contribution in [3.05, 3.63) is 34.7 Å². The lowest BCUT2D eigenvalue weighted by atomic mass is 10.2. The molecule has 1 atom stereocenters. The predicted molar refractivity (Wildman–Crippen MR) is 70.8 cm³/mol. The molecule has 4 heteroatoms. The molecule has 0 N–H and O–H groups in total. The largest absolute Gasteiger partial charge is 0.378 e. The minimum absolute atomic E-state index is 0.0641. The smallest absolute Gasteiger partial charge is 0.328 e. The van der Waals surface area contributed by atoms with Gasteiger partial charge in [0.05, 0.1) is 17.1 Å². The molecule has 0 radical (unpaired) electrons. The van der Waals surface area contributed by atoms with Gasteiger partial charge in [-0.2, -0.15) is 0 Å². The number of benzene rings is 1. The molecule has 4 nitrogen and oxygen atoms in total. The van der Waals surface area contributed by atoms with Gasteiger partial charge in [0.1, 0.15) is 0 Å². The summed E-state index contributed by atoms with van der Waals surface area (Å²) in [6.45, 7) is 1.61. The maximum absolute atomic E-state index is 12.2. The van der Waals surface area contributed by atoms with Gasteiger partial charge in [0.15, 0.2) is 0 Å². The molecule has 3 rings (SSSR count). The Kier molecular flexibility index (Phi) is 2.96. The Balaban J connectivity index is 1.91. The molecule has 1 unspecified atom stereocenters. The summed E-state index contributed by atoms with van der Waals surface area (Å²) in [5.41, 5.74) is 2.08. The third kappa shape index (κ3) is 1.86. The van der Waals surface area contributed by atoms with Crippen LogP contribution in [-0.2, 0) is 18.3 Å². The molecule has 2 heterocycles. The minimum atomic E-state index is 0.0641. The van der Waals surface area contributed by atoms with Gasteiger partial charge in [-0.3, -0.25) is 9.13 Å². The zero-order chi connectivity index (χ0) is 12.5. The molecule has 0 amide bonds. The molecule has 1 saturated heterocycles. The van der Waals surface area contributed by atoms with Crippen molar-refractivity contribution in [3.63, 3.8) is 0 Å². The van der Waals surface area contributed by atoms with Crippen LogP contribution >= 0.6 is 0 Å². The minimum Gasteiger partial charge on any atom is -0.378 e. The molecule has 0 spiro atoms. The van der Waals surface area contributed by atoms with Crippen LogP contribution in [-0.4, -0.2) is 21.8 Å². The van der Waals surface area contributed by atoms with Crippen LogP contribution in [0.3, 0.4) is 0 Å². The normalized spacial score (nSPS) is 19.7. The van der Waals surface area contributed by atoms with Gasteiger partial charge in [-0.15, -0.1) is 0 Å². The van der Waals surface area contributed by atoms with E-state index >= 15 is 0 Å². The van der Waals surface area contributed by atoms with Crippen molar-refractivity contribution in [2.24, 2.45) is 7.05 Å². The van der Waals surface area contributed by atoms with E-state index in [1.54, 1.807) is 4.57 Å². The van der Waals surface area contributed by atoms with Crippen molar-refractivity contribution in [2.75, 3.05) is 6.61 Å². The number of para-hydroxylation sites is 2. The Bertz CT molecular complexity index is 606. The SMILES string of the molecule is Cn1c(=O)n(CCC2CCCO2)c2ccccc21. The number of nitrogens with zero attached hydrogens (tertiary/aromatic N) is 2. The van der Waals surface area contributed by atoms with E-state index in [2.05, 4.69) is 0 Å². The van der Waals surface area contributed by atoms with Crippen molar-refractivity contribution < 1.29 is 4.74 Å². The molecule has 2 aromatic rings. The highest BCUT2D eigenvalue weighted by Gasteiger charge is 2.17. The van der Waals surface area contributed by atoms with Crippen LogP contribution in [0.1, 0.15) is 19.3 Å². The molecular weight excluding hydrogens is 228 g/mol. The first kappa shape index (κ1) is 11.5. The Labute approximate surface area is 106 Å². The number of rotatable bonds is 3. The lowest BCUT2D eigenvalue weighted by Gasteiger charge is -2.09. The fraction of sp³-hybridized carbons (Fsp3) is 0.500. The number of fused-ring (bicyclic) bond motifs is 1. The van der Waals surface area contributed by atoms with Crippen LogP contribution in [0.5, 0.6) is 0 Å². The number of hydrogen-bond acceptors (Lipinski definition) is 2. The van der Waals surface area contributed by atoms with Crippen LogP contribution in [0.4, 0.5) is 0 Å². The lowest BCUT2D eigenvalue weighted by Crippen LogP contribution is -2.24. The van der Waals surface area contributed by atoms with E-state index < -0.39 is 0 Å². The van der Waals surface area contributed by atoms with Gasteiger partial charge in [-0.25, -0.2) is 4.79 Å². The zero-order valence-corrected chi connectivity index (χ0v) is 10.6. The average molecular weight is 246 g/mol. The summed E-state index contributed by atoms with van der Waals surface area (Å²) in [5, 5.41) is 0. The van der Waals surface area contributed by atoms with E-state index in [0.29, 0.717) is 6.10 Å². The molecule has 96 valence electrons. The van der Waals surface area contributed by atoms with Gasteiger partial charge in [-0.05, 0) is 31.4 Å². The van der Waals surface area contributed by atoms with E-state index in [9.17, 15) is 4.79 Å². The molecule has 18 heavy (non-hydrogen) atoms. The van der Waals surface area contributed by atoms with Crippen molar-refractivity contribution in [1.29, 1.82) is 0 Å². The summed E-state index contributed by atoms with van der Waals surface area (Å²) in [7, 11) is 1.83. The maximum atomic E-state index is 12.2. The van der Waals surface area contributed by atoms with E-state index in [1.807, 2.05) is 35.9 Å². The zero-order valence-electron chi connectivity index (χ0n) is 10.6. The second kappa shape index (κ2) is 4.61. The first-order valence-corrected chi connectivity index (χ1v) is 6.53. The number of aromatic nitrogens is 2. The van der Waals surface area contributed by atoms with Crippen molar-refractivity contribution in [2.45, 2.75) is 31.9 Å². The van der Waals surface area contributed by atoms with Gasteiger partial charge in [0.2, 0.25) is 0 Å². The third-order valence-corrected chi connectivity index (χ3v) is 3.75. The number of ether oxygens (including phenoxy) is 1. The van der Waals surface area contributed by atoms with E-state index in [-0.39, 0.29) is 5.69 Å². The fourth-order valence-electron chi connectivity index (χ4n) is 2.72. The van der Waals surface area contributed by atoms with Gasteiger partial charge < -0.3 is 4.74 Å². The average Bonchev–Trinajstić information content (AvgIpc) is 2.98. The van der Waals surface area contributed by atoms with E-state index in [0.717, 1.165) is 43.4 Å². The molecule has 1 fully saturated rings. The van der Waals surface area contributed by atoms with Crippen LogP contribution in [0, 0.1) is 0 Å². The number of imidazole rings is 1. The molecule has 1 aliphatic rings. The summed E-state index contributed by atoms with van der Waals surface area (Å²) in [6.07, 6.45) is 3.53. The van der Waals surface area contributed by atoms with Gasteiger partial charge in [0, 0.05) is 20.2 Å². The number of hydrogen-bond donors (Lipinski definition) is 0. The Morgan fingerprint density at radius 1 is 1.33 bits per heavy atom. The highest BCUT2D eigenvalue weighted by Crippen LogP contribution is 2.17. The van der Waals surface area contributed by atoms with Crippen LogP contribution in [0.2, 0.25) is 0 Å². The molecular formula is C14H18N2O2. The van der Waals surface area contributed by atoms with E-state index in [4.69, 9.17) is 4.74 Å². The first-order valence-electron chi connectivity index (χ1n) is 6.53. The Hall–Kier alpha value is -1.55. The van der Waals surface area contributed by atoms with Crippen LogP contribution < -0.4 is 5.69 Å². The first-order chi connectivity index (χ1) is 8.77. The maximum Gasteiger partial charge on any atom is 0.328 e. The summed E-state index contributed by atoms with van der Waals surface area (Å²) in [4.78, 5) is 12.2. The van der Waals surface area contributed by atoms with Gasteiger partial charge in [0.25, 0.3) is 0 Å². The second-order valence-corrected chi connectivity index (χ2v) is 4.91. The lowest BCUT2D eigenvalue weighted by molar-refractivity contribution is 0.100. The van der Waals surface area contributed by atoms with Gasteiger partial charge in [-0.1, -0.05) is 12.1 Å². The summed E-state index contributed by atoms with van der Waals surface area (Å²) in [6, 6.07) is 7.93. The molecule has 1 aromatic heterocycles. The number of aryl methyl sites for hydroxylation is 2. The molecule has 0 saturated carbocycles. The van der Waals surface area contributed by atoms with Crippen LogP contribution in [0.25, 0.3) is 11.0 Å². The Morgan fingerprint density at radius 2 is 2.11 bits per heavy atom. The monoisotopic (exact) mass is 246 g/mol. The van der Waals surface area contributed by atoms with Crippen molar-refractivity contribution in [1.82, 2.24) is 9.13 Å². The summed E-state index contributed by atoms with van der Waals surface area (Å²) in [5.74, 6) is 0. The quantitative estimate of drug-likeness (QED) is 0.829. The summed E-state index contributed by atoms with van der Waals surface area (Å²) >= 11 is 0.